The molecule has 0 saturated heterocycles. The molecule has 1 atom stereocenters. The van der Waals surface area contributed by atoms with Crippen molar-refractivity contribution in [2.75, 3.05) is 5.75 Å². The van der Waals surface area contributed by atoms with Crippen LogP contribution in [0.3, 0.4) is 0 Å². The number of hydrogen-bond acceptors (Lipinski definition) is 4. The SMILES string of the molecule is [B]c1ccc2c(c1)C1=C(SCC(C)O1)C(=O)C2=O. The molecule has 0 saturated carbocycles. The predicted octanol–water partition coefficient (Wildman–Crippen LogP) is 1.07. The second-order valence-electron chi connectivity index (χ2n) is 4.36. The lowest BCUT2D eigenvalue weighted by molar-refractivity contribution is -0.111. The first-order chi connectivity index (χ1) is 8.58. The van der Waals surface area contributed by atoms with Crippen molar-refractivity contribution in [1.29, 1.82) is 0 Å². The van der Waals surface area contributed by atoms with E-state index in [-0.39, 0.29) is 6.10 Å². The topological polar surface area (TPSA) is 43.4 Å². The monoisotopic (exact) mass is 256 g/mol. The van der Waals surface area contributed by atoms with Crippen molar-refractivity contribution < 1.29 is 14.3 Å². The highest BCUT2D eigenvalue weighted by atomic mass is 32.2. The summed E-state index contributed by atoms with van der Waals surface area (Å²) in [6, 6.07) is 4.89. The largest absolute Gasteiger partial charge is 0.488 e. The second kappa shape index (κ2) is 4.02. The molecule has 0 bridgehead atoms. The molecule has 3 nitrogen and oxygen atoms in total. The molecule has 5 heteroatoms. The Bertz CT molecular complexity index is 606. The van der Waals surface area contributed by atoms with Gasteiger partial charge < -0.3 is 4.74 Å². The van der Waals surface area contributed by atoms with Crippen molar-refractivity contribution in [2.45, 2.75) is 13.0 Å². The van der Waals surface area contributed by atoms with Crippen molar-refractivity contribution in [1.82, 2.24) is 0 Å². The molecule has 1 unspecified atom stereocenters. The van der Waals surface area contributed by atoms with Crippen molar-refractivity contribution >= 4 is 42.4 Å². The minimum absolute atomic E-state index is 0.0176. The Hall–Kier alpha value is -1.49. The molecule has 2 radical (unpaired) electrons. The van der Waals surface area contributed by atoms with Crippen molar-refractivity contribution in [2.24, 2.45) is 0 Å². The highest BCUT2D eigenvalue weighted by molar-refractivity contribution is 8.04. The van der Waals surface area contributed by atoms with Gasteiger partial charge in [-0.05, 0) is 6.92 Å². The van der Waals surface area contributed by atoms with Crippen LogP contribution in [0.1, 0.15) is 22.8 Å². The maximum Gasteiger partial charge on any atom is 0.243 e. The van der Waals surface area contributed by atoms with E-state index in [1.807, 2.05) is 6.92 Å². The lowest BCUT2D eigenvalue weighted by atomic mass is 9.86. The molecule has 0 fully saturated rings. The first-order valence-electron chi connectivity index (χ1n) is 5.60. The van der Waals surface area contributed by atoms with Crippen LogP contribution in [0, 0.1) is 0 Å². The summed E-state index contributed by atoms with van der Waals surface area (Å²) in [5.74, 6) is 0.231. The number of rotatable bonds is 0. The number of carbonyl (C=O) groups is 2. The first kappa shape index (κ1) is 11.6. The Kier molecular flexibility index (Phi) is 2.59. The molecular weight excluding hydrogens is 247 g/mol. The summed E-state index contributed by atoms with van der Waals surface area (Å²) < 4.78 is 5.72. The molecule has 1 aromatic rings. The van der Waals surface area contributed by atoms with Gasteiger partial charge in [-0.2, -0.15) is 0 Å². The highest BCUT2D eigenvalue weighted by Gasteiger charge is 2.37. The van der Waals surface area contributed by atoms with E-state index in [9.17, 15) is 9.59 Å². The van der Waals surface area contributed by atoms with Gasteiger partial charge in [0, 0.05) is 16.9 Å². The van der Waals surface area contributed by atoms with Crippen LogP contribution in [0.25, 0.3) is 5.76 Å². The second-order valence-corrected chi connectivity index (χ2v) is 5.39. The molecule has 0 spiro atoms. The molecule has 88 valence electrons. The van der Waals surface area contributed by atoms with Crippen molar-refractivity contribution in [3.05, 3.63) is 34.2 Å². The van der Waals surface area contributed by atoms with Gasteiger partial charge in [0.2, 0.25) is 11.6 Å². The third-order valence-corrected chi connectivity index (χ3v) is 4.23. The standard InChI is InChI=1S/C13H9BO3S/c1-6-5-18-13-11(16)10(15)8-3-2-7(14)4-9(8)12(13)17-6/h2-4,6H,5H2,1H3. The molecule has 1 aliphatic carbocycles. The van der Waals surface area contributed by atoms with Gasteiger partial charge in [-0.25, -0.2) is 0 Å². The van der Waals surface area contributed by atoms with E-state index in [0.29, 0.717) is 33.0 Å². The number of Topliss-reactive ketones (excluding diaryl/α,β-unsaturated/α-hetero) is 2. The van der Waals surface area contributed by atoms with Crippen molar-refractivity contribution in [3.8, 4) is 0 Å². The van der Waals surface area contributed by atoms with Crippen LogP contribution in [0.2, 0.25) is 0 Å². The van der Waals surface area contributed by atoms with Crippen LogP contribution in [0.5, 0.6) is 0 Å². The van der Waals surface area contributed by atoms with Crippen LogP contribution in [0.15, 0.2) is 23.1 Å². The molecule has 18 heavy (non-hydrogen) atoms. The molecule has 1 aliphatic heterocycles. The quantitative estimate of drug-likeness (QED) is 0.514. The molecule has 1 aromatic carbocycles. The van der Waals surface area contributed by atoms with Gasteiger partial charge >= 0.3 is 0 Å². The number of thioether (sulfide) groups is 1. The normalized spacial score (nSPS) is 22.4. The van der Waals surface area contributed by atoms with Crippen LogP contribution < -0.4 is 5.46 Å². The summed E-state index contributed by atoms with van der Waals surface area (Å²) in [5, 5.41) is 0. The number of allylic oxidation sites excluding steroid dienone is 1. The third kappa shape index (κ3) is 1.62. The zero-order chi connectivity index (χ0) is 12.9. The molecule has 2 aliphatic rings. The maximum atomic E-state index is 12.0. The van der Waals surface area contributed by atoms with Gasteiger partial charge in [0.25, 0.3) is 0 Å². The molecule has 1 heterocycles. The van der Waals surface area contributed by atoms with Gasteiger partial charge in [0.1, 0.15) is 24.6 Å². The van der Waals surface area contributed by atoms with Crippen molar-refractivity contribution in [3.63, 3.8) is 0 Å². The fraction of sp³-hybridized carbons (Fsp3) is 0.231. The van der Waals surface area contributed by atoms with E-state index in [0.717, 1.165) is 0 Å². The van der Waals surface area contributed by atoms with Crippen LogP contribution in [-0.2, 0) is 9.53 Å². The van der Waals surface area contributed by atoms with E-state index < -0.39 is 11.6 Å². The summed E-state index contributed by atoms with van der Waals surface area (Å²) in [6.07, 6.45) is 0.0176. The average Bonchev–Trinajstić information content (AvgIpc) is 2.36. The Labute approximate surface area is 110 Å². The minimum atomic E-state index is -0.477. The lowest BCUT2D eigenvalue weighted by Crippen LogP contribution is -2.29. The number of ketones is 2. The zero-order valence-corrected chi connectivity index (χ0v) is 10.5. The Morgan fingerprint density at radius 2 is 2.06 bits per heavy atom. The third-order valence-electron chi connectivity index (χ3n) is 2.93. The fourth-order valence-electron chi connectivity index (χ4n) is 2.08. The molecule has 3 rings (SSSR count). The van der Waals surface area contributed by atoms with E-state index in [1.54, 1.807) is 18.2 Å². The lowest BCUT2D eigenvalue weighted by Gasteiger charge is -2.29. The van der Waals surface area contributed by atoms with Gasteiger partial charge in [-0.3, -0.25) is 9.59 Å². The van der Waals surface area contributed by atoms with E-state index in [2.05, 4.69) is 0 Å². The molecule has 0 amide bonds. The Morgan fingerprint density at radius 1 is 1.28 bits per heavy atom. The van der Waals surface area contributed by atoms with E-state index >= 15 is 0 Å². The van der Waals surface area contributed by atoms with Gasteiger partial charge in [-0.15, -0.1) is 11.8 Å². The fourth-order valence-corrected chi connectivity index (χ4v) is 3.06. The zero-order valence-electron chi connectivity index (χ0n) is 9.73. The first-order valence-corrected chi connectivity index (χ1v) is 6.59. The van der Waals surface area contributed by atoms with E-state index in [4.69, 9.17) is 12.6 Å². The summed E-state index contributed by atoms with van der Waals surface area (Å²) in [5.41, 5.74) is 1.56. The number of fused-ring (bicyclic) bond motifs is 2. The average molecular weight is 256 g/mol. The summed E-state index contributed by atoms with van der Waals surface area (Å²) in [7, 11) is 5.74. The number of ether oxygens (including phenoxy) is 1. The Morgan fingerprint density at radius 3 is 2.83 bits per heavy atom. The number of hydrogen-bond donors (Lipinski definition) is 0. The van der Waals surface area contributed by atoms with Crippen LogP contribution >= 0.6 is 11.8 Å². The summed E-state index contributed by atoms with van der Waals surface area (Å²) in [4.78, 5) is 24.4. The van der Waals surface area contributed by atoms with Gasteiger partial charge in [0.05, 0.1) is 0 Å². The van der Waals surface area contributed by atoms with Crippen LogP contribution in [-0.4, -0.2) is 31.3 Å². The number of benzene rings is 1. The molecular formula is C13H9BO3S. The highest BCUT2D eigenvalue weighted by Crippen LogP contribution is 2.40. The van der Waals surface area contributed by atoms with Gasteiger partial charge in [-0.1, -0.05) is 23.7 Å². The van der Waals surface area contributed by atoms with E-state index in [1.165, 1.54) is 11.8 Å². The predicted molar refractivity (Wildman–Crippen MR) is 71.1 cm³/mol. The summed E-state index contributed by atoms with van der Waals surface area (Å²) >= 11 is 1.38. The minimum Gasteiger partial charge on any atom is -0.488 e. The maximum absolute atomic E-state index is 12.0. The molecule has 0 aromatic heterocycles. The van der Waals surface area contributed by atoms with Crippen LogP contribution in [0.4, 0.5) is 0 Å². The summed E-state index contributed by atoms with van der Waals surface area (Å²) in [6.45, 7) is 1.93. The number of carbonyl (C=O) groups excluding carboxylic acids is 2. The smallest absolute Gasteiger partial charge is 0.243 e. The molecule has 0 N–H and O–H groups in total. The van der Waals surface area contributed by atoms with Gasteiger partial charge in [0.15, 0.2) is 0 Å². The Balaban J connectivity index is 2.25.